The van der Waals surface area contributed by atoms with Crippen molar-refractivity contribution < 1.29 is 13.5 Å². The molecule has 0 aromatic heterocycles. The number of hydrogen-bond donors (Lipinski definition) is 1. The highest BCUT2D eigenvalue weighted by molar-refractivity contribution is 7.92. The second-order valence-electron chi connectivity index (χ2n) is 8.18. The first-order valence-corrected chi connectivity index (χ1v) is 12.2. The van der Waals surface area contributed by atoms with Crippen LogP contribution in [0.25, 0.3) is 0 Å². The van der Waals surface area contributed by atoms with Crippen LogP contribution in [0.2, 0.25) is 0 Å². The molecule has 2 aromatic rings. The average molecular weight is 427 g/mol. The Morgan fingerprint density at radius 3 is 2.30 bits per heavy atom. The minimum atomic E-state index is -3.99. The lowest BCUT2D eigenvalue weighted by Gasteiger charge is -2.39. The number of benzene rings is 2. The lowest BCUT2D eigenvalue weighted by Crippen LogP contribution is -2.45. The van der Waals surface area contributed by atoms with Gasteiger partial charge >= 0.3 is 0 Å². The predicted molar refractivity (Wildman–Crippen MR) is 119 cm³/mol. The molecule has 6 heteroatoms. The summed E-state index contributed by atoms with van der Waals surface area (Å²) in [5.41, 5.74) is -0.547. The molecule has 160 valence electrons. The molecular formula is C24H30N2O3S. The van der Waals surface area contributed by atoms with E-state index < -0.39 is 20.7 Å². The molecular weight excluding hydrogens is 396 g/mol. The van der Waals surface area contributed by atoms with Crippen LogP contribution in [0.15, 0.2) is 53.4 Å². The fraction of sp³-hybridized carbons (Fsp3) is 0.458. The number of unbranched alkanes of at least 4 members (excludes halogenated alkanes) is 2. The minimum Gasteiger partial charge on any atom is -0.376 e. The summed E-state index contributed by atoms with van der Waals surface area (Å²) in [5, 5.41) is 20.8. The smallest absolute Gasteiger partial charge is 0.207 e. The number of fused-ring (bicyclic) bond motifs is 1. The Morgan fingerprint density at radius 2 is 1.73 bits per heavy atom. The number of sulfone groups is 1. The molecule has 5 nitrogen and oxygen atoms in total. The Balaban J connectivity index is 2.27. The van der Waals surface area contributed by atoms with Gasteiger partial charge in [-0.05, 0) is 43.2 Å². The van der Waals surface area contributed by atoms with E-state index in [1.54, 1.807) is 6.07 Å². The van der Waals surface area contributed by atoms with E-state index in [2.05, 4.69) is 19.9 Å². The molecule has 0 fully saturated rings. The number of rotatable bonds is 7. The third kappa shape index (κ3) is 4.10. The van der Waals surface area contributed by atoms with Gasteiger partial charge in [-0.1, -0.05) is 57.7 Å². The Labute approximate surface area is 179 Å². The number of aliphatic hydroxyl groups is 1. The van der Waals surface area contributed by atoms with Gasteiger partial charge in [-0.3, -0.25) is 0 Å². The SMILES string of the molecule is CCCCC1(CCCC)CN(c2ccccc2)c2cc(C#N)ccc2S(=O)(=O)C1O. The third-order valence-electron chi connectivity index (χ3n) is 6.10. The summed E-state index contributed by atoms with van der Waals surface area (Å²) >= 11 is 0. The van der Waals surface area contributed by atoms with Crippen LogP contribution in [0.4, 0.5) is 11.4 Å². The molecule has 30 heavy (non-hydrogen) atoms. The molecule has 1 aliphatic rings. The Hall–Kier alpha value is -2.36. The second-order valence-corrected chi connectivity index (χ2v) is 10.2. The summed E-state index contributed by atoms with van der Waals surface area (Å²) in [6, 6.07) is 16.4. The van der Waals surface area contributed by atoms with E-state index >= 15 is 0 Å². The largest absolute Gasteiger partial charge is 0.376 e. The lowest BCUT2D eigenvalue weighted by atomic mass is 9.78. The van der Waals surface area contributed by atoms with Crippen LogP contribution in [0.5, 0.6) is 0 Å². The first-order valence-electron chi connectivity index (χ1n) is 10.7. The van der Waals surface area contributed by atoms with Crippen LogP contribution in [0.1, 0.15) is 57.9 Å². The minimum absolute atomic E-state index is 0.0905. The summed E-state index contributed by atoms with van der Waals surface area (Å²) in [4.78, 5) is 2.07. The van der Waals surface area contributed by atoms with E-state index in [-0.39, 0.29) is 4.90 Å². The first-order chi connectivity index (χ1) is 14.4. The van der Waals surface area contributed by atoms with Gasteiger partial charge in [-0.2, -0.15) is 5.26 Å². The van der Waals surface area contributed by atoms with E-state index in [4.69, 9.17) is 0 Å². The topological polar surface area (TPSA) is 81.4 Å². The van der Waals surface area contributed by atoms with Gasteiger partial charge in [0.1, 0.15) is 0 Å². The van der Waals surface area contributed by atoms with Crippen LogP contribution in [-0.4, -0.2) is 25.5 Å². The maximum Gasteiger partial charge on any atom is 0.207 e. The van der Waals surface area contributed by atoms with E-state index in [1.165, 1.54) is 12.1 Å². The van der Waals surface area contributed by atoms with Gasteiger partial charge in [0.2, 0.25) is 9.84 Å². The maximum absolute atomic E-state index is 13.6. The average Bonchev–Trinajstić information content (AvgIpc) is 2.84. The zero-order chi connectivity index (χ0) is 21.8. The Kier molecular flexibility index (Phi) is 6.84. The first kappa shape index (κ1) is 22.3. The molecule has 2 aromatic carbocycles. The molecule has 0 radical (unpaired) electrons. The summed E-state index contributed by atoms with van der Waals surface area (Å²) in [6.45, 7) is 4.54. The molecule has 0 saturated carbocycles. The highest BCUT2D eigenvalue weighted by atomic mass is 32.2. The monoisotopic (exact) mass is 426 g/mol. The van der Waals surface area contributed by atoms with E-state index in [9.17, 15) is 18.8 Å². The number of nitriles is 1. The quantitative estimate of drug-likeness (QED) is 0.661. The molecule has 0 aliphatic carbocycles. The van der Waals surface area contributed by atoms with Crippen molar-refractivity contribution in [3.05, 3.63) is 54.1 Å². The standard InChI is InChI=1S/C24H30N2O3S/c1-3-5-14-24(15-6-4-2)18-26(20-10-8-7-9-11-20)21-16-19(17-25)12-13-22(21)30(28,29)23(24)27/h7-13,16,23,27H,3-6,14-15,18H2,1-2H3. The normalized spacial score (nSPS) is 19.5. The van der Waals surface area contributed by atoms with Crippen LogP contribution in [0.3, 0.4) is 0 Å². The molecule has 1 N–H and O–H groups in total. The zero-order valence-corrected chi connectivity index (χ0v) is 18.5. The van der Waals surface area contributed by atoms with E-state index in [1.807, 2.05) is 35.2 Å². The van der Waals surface area contributed by atoms with Crippen LogP contribution in [0, 0.1) is 16.7 Å². The van der Waals surface area contributed by atoms with Gasteiger partial charge in [0, 0.05) is 17.6 Å². The van der Waals surface area contributed by atoms with Gasteiger partial charge in [0.05, 0.1) is 22.2 Å². The lowest BCUT2D eigenvalue weighted by molar-refractivity contribution is 0.0727. The van der Waals surface area contributed by atoms with Crippen molar-refractivity contribution >= 4 is 21.2 Å². The summed E-state index contributed by atoms with van der Waals surface area (Å²) in [7, 11) is -3.99. The number of hydrogen-bond acceptors (Lipinski definition) is 5. The van der Waals surface area contributed by atoms with Gasteiger partial charge in [0.15, 0.2) is 5.44 Å². The van der Waals surface area contributed by atoms with Crippen molar-refractivity contribution in [3.8, 4) is 6.07 Å². The molecule has 1 aliphatic heterocycles. The number of nitrogens with zero attached hydrogens (tertiary/aromatic N) is 2. The number of para-hydroxylation sites is 1. The molecule has 1 unspecified atom stereocenters. The van der Waals surface area contributed by atoms with Crippen LogP contribution in [-0.2, 0) is 9.84 Å². The van der Waals surface area contributed by atoms with Gasteiger partial charge in [0.25, 0.3) is 0 Å². The van der Waals surface area contributed by atoms with Crippen molar-refractivity contribution in [1.29, 1.82) is 5.26 Å². The van der Waals surface area contributed by atoms with Crippen molar-refractivity contribution in [2.24, 2.45) is 5.41 Å². The molecule has 0 saturated heterocycles. The zero-order valence-electron chi connectivity index (χ0n) is 17.7. The van der Waals surface area contributed by atoms with E-state index in [0.29, 0.717) is 30.6 Å². The van der Waals surface area contributed by atoms with Crippen molar-refractivity contribution in [1.82, 2.24) is 0 Å². The molecule has 0 spiro atoms. The van der Waals surface area contributed by atoms with Crippen LogP contribution < -0.4 is 4.90 Å². The Bertz CT molecular complexity index is 1000. The number of anilines is 2. The van der Waals surface area contributed by atoms with Gasteiger partial charge in [-0.25, -0.2) is 8.42 Å². The summed E-state index contributed by atoms with van der Waals surface area (Å²) in [5.74, 6) is 0. The fourth-order valence-corrected chi connectivity index (χ4v) is 6.32. The highest BCUT2D eigenvalue weighted by Gasteiger charge is 2.49. The third-order valence-corrected chi connectivity index (χ3v) is 8.15. The van der Waals surface area contributed by atoms with Gasteiger partial charge in [-0.15, -0.1) is 0 Å². The van der Waals surface area contributed by atoms with Gasteiger partial charge < -0.3 is 10.0 Å². The second kappa shape index (κ2) is 9.20. The van der Waals surface area contributed by atoms with Crippen molar-refractivity contribution in [3.63, 3.8) is 0 Å². The van der Waals surface area contributed by atoms with Crippen molar-refractivity contribution in [2.75, 3.05) is 11.4 Å². The molecule has 1 atom stereocenters. The molecule has 0 amide bonds. The van der Waals surface area contributed by atoms with Crippen molar-refractivity contribution in [2.45, 2.75) is 62.7 Å². The highest BCUT2D eigenvalue weighted by Crippen LogP contribution is 2.48. The molecule has 3 rings (SSSR count). The summed E-state index contributed by atoms with van der Waals surface area (Å²) < 4.78 is 27.2. The predicted octanol–water partition coefficient (Wildman–Crippen LogP) is 5.17. The molecule has 0 bridgehead atoms. The maximum atomic E-state index is 13.6. The summed E-state index contributed by atoms with van der Waals surface area (Å²) in [6.07, 6.45) is 4.81. The molecule has 1 heterocycles. The Morgan fingerprint density at radius 1 is 1.10 bits per heavy atom. The number of aliphatic hydroxyl groups excluding tert-OH is 1. The van der Waals surface area contributed by atoms with Crippen LogP contribution >= 0.6 is 0 Å². The van der Waals surface area contributed by atoms with E-state index in [0.717, 1.165) is 31.4 Å². The fourth-order valence-electron chi connectivity index (χ4n) is 4.39.